The quantitative estimate of drug-likeness (QED) is 0.875. The van der Waals surface area contributed by atoms with Crippen molar-refractivity contribution in [3.8, 4) is 0 Å². The van der Waals surface area contributed by atoms with E-state index in [2.05, 4.69) is 15.5 Å². The number of rotatable bonds is 2. The van der Waals surface area contributed by atoms with Crippen molar-refractivity contribution in [2.75, 3.05) is 13.1 Å². The fourth-order valence-corrected chi connectivity index (χ4v) is 2.91. The first-order chi connectivity index (χ1) is 10.8. The number of amides is 2. The van der Waals surface area contributed by atoms with Gasteiger partial charge in [-0.1, -0.05) is 0 Å². The Balaban J connectivity index is 1.67. The molecule has 0 aliphatic carbocycles. The van der Waals surface area contributed by atoms with Crippen molar-refractivity contribution in [2.45, 2.75) is 43.8 Å². The zero-order chi connectivity index (χ0) is 16.6. The molecule has 0 saturated carbocycles. The van der Waals surface area contributed by atoms with Gasteiger partial charge in [-0.05, 0) is 19.3 Å². The molecule has 2 atom stereocenters. The summed E-state index contributed by atoms with van der Waals surface area (Å²) >= 11 is 0. The summed E-state index contributed by atoms with van der Waals surface area (Å²) in [6.07, 6.45) is -2.73. The van der Waals surface area contributed by atoms with Crippen LogP contribution < -0.4 is 5.32 Å². The third-order valence-electron chi connectivity index (χ3n) is 4.06. The highest BCUT2D eigenvalue weighted by atomic mass is 19.4. The molecule has 23 heavy (non-hydrogen) atoms. The molecule has 7 nitrogen and oxygen atoms in total. The summed E-state index contributed by atoms with van der Waals surface area (Å²) in [5, 5.41) is 9.08. The number of halogens is 3. The normalized spacial score (nSPS) is 25.5. The fraction of sp³-hybridized carbons (Fsp3) is 0.692. The van der Waals surface area contributed by atoms with Gasteiger partial charge in [-0.2, -0.15) is 13.2 Å². The van der Waals surface area contributed by atoms with Crippen LogP contribution in [-0.2, 0) is 15.8 Å². The van der Waals surface area contributed by atoms with Crippen LogP contribution in [0.3, 0.4) is 0 Å². The first-order valence-electron chi connectivity index (χ1n) is 7.33. The van der Waals surface area contributed by atoms with Crippen molar-refractivity contribution < 1.29 is 27.2 Å². The molecule has 0 spiro atoms. The maximum atomic E-state index is 12.5. The standard InChI is InChI=1S/C13H15F3N4O3/c14-13(15,16)12-19-18-10(23-12)7-2-1-5-20(6-7)11(22)8-3-4-9(21)17-8/h7-8H,1-6H2,(H,17,21). The van der Waals surface area contributed by atoms with E-state index >= 15 is 0 Å². The van der Waals surface area contributed by atoms with Crippen molar-refractivity contribution in [1.82, 2.24) is 20.4 Å². The highest BCUT2D eigenvalue weighted by Gasteiger charge is 2.40. The van der Waals surface area contributed by atoms with E-state index in [1.807, 2.05) is 0 Å². The summed E-state index contributed by atoms with van der Waals surface area (Å²) in [4.78, 5) is 25.1. The van der Waals surface area contributed by atoms with E-state index in [1.54, 1.807) is 4.90 Å². The molecule has 0 aromatic carbocycles. The predicted molar refractivity (Wildman–Crippen MR) is 69.0 cm³/mol. The number of hydrogen-bond donors (Lipinski definition) is 1. The first kappa shape index (κ1) is 15.8. The average molecular weight is 332 g/mol. The van der Waals surface area contributed by atoms with Crippen LogP contribution in [0.4, 0.5) is 13.2 Å². The van der Waals surface area contributed by atoms with Crippen LogP contribution in [0.15, 0.2) is 4.42 Å². The van der Waals surface area contributed by atoms with Gasteiger partial charge in [0.2, 0.25) is 17.7 Å². The molecule has 10 heteroatoms. The number of likely N-dealkylation sites (tertiary alicyclic amines) is 1. The highest BCUT2D eigenvalue weighted by Crippen LogP contribution is 2.32. The lowest BCUT2D eigenvalue weighted by Crippen LogP contribution is -2.48. The molecule has 0 radical (unpaired) electrons. The Kier molecular flexibility index (Phi) is 3.99. The van der Waals surface area contributed by atoms with E-state index in [-0.39, 0.29) is 24.2 Å². The zero-order valence-electron chi connectivity index (χ0n) is 12.1. The molecule has 1 aromatic rings. The zero-order valence-corrected chi connectivity index (χ0v) is 12.1. The fourth-order valence-electron chi connectivity index (χ4n) is 2.91. The minimum atomic E-state index is -4.68. The first-order valence-corrected chi connectivity index (χ1v) is 7.33. The molecule has 2 saturated heterocycles. The summed E-state index contributed by atoms with van der Waals surface area (Å²) in [5.41, 5.74) is 0. The second-order valence-electron chi connectivity index (χ2n) is 5.73. The molecule has 1 aromatic heterocycles. The van der Waals surface area contributed by atoms with Crippen LogP contribution in [0.1, 0.15) is 43.4 Å². The minimum Gasteiger partial charge on any atom is -0.417 e. The molecule has 3 heterocycles. The van der Waals surface area contributed by atoms with Crippen LogP contribution in [0, 0.1) is 0 Å². The molecule has 2 aliphatic rings. The van der Waals surface area contributed by atoms with Crippen LogP contribution in [-0.4, -0.2) is 46.0 Å². The molecule has 2 fully saturated rings. The number of nitrogens with zero attached hydrogens (tertiary/aromatic N) is 3. The van der Waals surface area contributed by atoms with Crippen molar-refractivity contribution in [1.29, 1.82) is 0 Å². The second-order valence-corrected chi connectivity index (χ2v) is 5.73. The van der Waals surface area contributed by atoms with E-state index in [9.17, 15) is 22.8 Å². The molecule has 1 N–H and O–H groups in total. The Bertz CT molecular complexity index is 616. The van der Waals surface area contributed by atoms with Gasteiger partial charge < -0.3 is 14.6 Å². The van der Waals surface area contributed by atoms with Gasteiger partial charge in [0.15, 0.2) is 0 Å². The Morgan fingerprint density at radius 3 is 2.70 bits per heavy atom. The number of nitrogens with one attached hydrogen (secondary N) is 1. The van der Waals surface area contributed by atoms with Gasteiger partial charge in [-0.3, -0.25) is 9.59 Å². The monoisotopic (exact) mass is 332 g/mol. The van der Waals surface area contributed by atoms with Crippen molar-refractivity contribution >= 4 is 11.8 Å². The van der Waals surface area contributed by atoms with Crippen molar-refractivity contribution in [3.05, 3.63) is 11.8 Å². The summed E-state index contributed by atoms with van der Waals surface area (Å²) in [7, 11) is 0. The number of aromatic nitrogens is 2. The average Bonchev–Trinajstić information content (AvgIpc) is 3.15. The molecule has 2 unspecified atom stereocenters. The van der Waals surface area contributed by atoms with Crippen LogP contribution in [0.5, 0.6) is 0 Å². The van der Waals surface area contributed by atoms with E-state index < -0.39 is 24.0 Å². The third kappa shape index (κ3) is 3.30. The number of piperidine rings is 1. The predicted octanol–water partition coefficient (Wildman–Crippen LogP) is 1.07. The smallest absolute Gasteiger partial charge is 0.417 e. The topological polar surface area (TPSA) is 88.3 Å². The van der Waals surface area contributed by atoms with E-state index in [1.165, 1.54) is 0 Å². The molecular formula is C13H15F3N4O3. The van der Waals surface area contributed by atoms with Gasteiger partial charge in [-0.25, -0.2) is 0 Å². The van der Waals surface area contributed by atoms with Gasteiger partial charge >= 0.3 is 12.1 Å². The highest BCUT2D eigenvalue weighted by molar-refractivity contribution is 5.90. The molecule has 2 aliphatic heterocycles. The summed E-state index contributed by atoms with van der Waals surface area (Å²) in [5.74, 6) is -2.28. The molecule has 3 rings (SSSR count). The van der Waals surface area contributed by atoms with Gasteiger partial charge in [0, 0.05) is 19.5 Å². The second kappa shape index (κ2) is 5.82. The Labute approximate surface area is 129 Å². The van der Waals surface area contributed by atoms with Gasteiger partial charge in [0.1, 0.15) is 6.04 Å². The van der Waals surface area contributed by atoms with Crippen molar-refractivity contribution in [3.63, 3.8) is 0 Å². The van der Waals surface area contributed by atoms with E-state index in [0.717, 1.165) is 0 Å². The lowest BCUT2D eigenvalue weighted by Gasteiger charge is -2.32. The Morgan fingerprint density at radius 2 is 2.09 bits per heavy atom. The molecule has 2 amide bonds. The van der Waals surface area contributed by atoms with E-state index in [0.29, 0.717) is 32.2 Å². The van der Waals surface area contributed by atoms with E-state index in [4.69, 9.17) is 4.42 Å². The number of carbonyl (C=O) groups is 2. The third-order valence-corrected chi connectivity index (χ3v) is 4.06. The lowest BCUT2D eigenvalue weighted by molar-refractivity contribution is -0.157. The van der Waals surface area contributed by atoms with Crippen LogP contribution in [0.2, 0.25) is 0 Å². The Hall–Kier alpha value is -2.13. The van der Waals surface area contributed by atoms with Crippen LogP contribution in [0.25, 0.3) is 0 Å². The molecule has 0 bridgehead atoms. The van der Waals surface area contributed by atoms with Crippen LogP contribution >= 0.6 is 0 Å². The number of carbonyl (C=O) groups excluding carboxylic acids is 2. The largest absolute Gasteiger partial charge is 0.470 e. The lowest BCUT2D eigenvalue weighted by atomic mass is 9.97. The SMILES string of the molecule is O=C1CCC(C(=O)N2CCCC(c3nnc(C(F)(F)F)o3)C2)N1. The number of alkyl halides is 3. The number of hydrogen-bond acceptors (Lipinski definition) is 5. The summed E-state index contributed by atoms with van der Waals surface area (Å²) in [6.45, 7) is 0.715. The van der Waals surface area contributed by atoms with Gasteiger partial charge in [0.25, 0.3) is 0 Å². The van der Waals surface area contributed by atoms with Gasteiger partial charge in [0.05, 0.1) is 5.92 Å². The Morgan fingerprint density at radius 1 is 1.30 bits per heavy atom. The van der Waals surface area contributed by atoms with Crippen molar-refractivity contribution in [2.24, 2.45) is 0 Å². The van der Waals surface area contributed by atoms with Gasteiger partial charge in [-0.15, -0.1) is 10.2 Å². The summed E-state index contributed by atoms with van der Waals surface area (Å²) < 4.78 is 42.2. The summed E-state index contributed by atoms with van der Waals surface area (Å²) in [6, 6.07) is -0.547. The maximum absolute atomic E-state index is 12.5. The maximum Gasteiger partial charge on any atom is 0.470 e. The molecular weight excluding hydrogens is 317 g/mol. The minimum absolute atomic E-state index is 0.106. The molecule has 126 valence electrons.